The fourth-order valence-corrected chi connectivity index (χ4v) is 2.29. The maximum atomic E-state index is 9.05. The van der Waals surface area contributed by atoms with Crippen LogP contribution >= 0.6 is 0 Å². The Morgan fingerprint density at radius 2 is 1.70 bits per heavy atom. The zero-order chi connectivity index (χ0) is 16.1. The van der Waals surface area contributed by atoms with Crippen molar-refractivity contribution in [3.63, 3.8) is 0 Å². The van der Waals surface area contributed by atoms with Gasteiger partial charge in [-0.15, -0.1) is 0 Å². The molecule has 0 aliphatic carbocycles. The van der Waals surface area contributed by atoms with Crippen LogP contribution in [0.15, 0.2) is 48.5 Å². The van der Waals surface area contributed by atoms with Gasteiger partial charge in [-0.2, -0.15) is 4.68 Å². The van der Waals surface area contributed by atoms with E-state index in [1.807, 2.05) is 55.5 Å². The maximum Gasteiger partial charge on any atom is 0.247 e. The topological polar surface area (TPSA) is 75.9 Å². The molecule has 0 bridgehead atoms. The van der Waals surface area contributed by atoms with Crippen molar-refractivity contribution in [2.45, 2.75) is 20.0 Å². The van der Waals surface area contributed by atoms with Crippen LogP contribution in [0.5, 0.6) is 0 Å². The number of anilines is 1. The molecule has 0 atom stereocenters. The van der Waals surface area contributed by atoms with Crippen LogP contribution in [0.3, 0.4) is 0 Å². The molecule has 0 radical (unpaired) electrons. The summed E-state index contributed by atoms with van der Waals surface area (Å²) in [6, 6.07) is 16.0. The van der Waals surface area contributed by atoms with Gasteiger partial charge in [0.1, 0.15) is 0 Å². The molecule has 0 aliphatic heterocycles. The summed E-state index contributed by atoms with van der Waals surface area (Å²) in [6.45, 7) is 2.85. The molecule has 2 aromatic carbocycles. The van der Waals surface area contributed by atoms with Gasteiger partial charge in [-0.05, 0) is 47.0 Å². The Bertz CT molecular complexity index is 749. The third-order valence-electron chi connectivity index (χ3n) is 3.65. The van der Waals surface area contributed by atoms with Crippen molar-refractivity contribution in [2.24, 2.45) is 0 Å². The zero-order valence-corrected chi connectivity index (χ0v) is 13.0. The number of tetrazole rings is 1. The molecule has 0 saturated heterocycles. The monoisotopic (exact) mass is 309 g/mol. The highest BCUT2D eigenvalue weighted by Crippen LogP contribution is 2.12. The third kappa shape index (κ3) is 3.73. The van der Waals surface area contributed by atoms with Gasteiger partial charge in [-0.3, -0.25) is 0 Å². The van der Waals surface area contributed by atoms with Crippen LogP contribution in [-0.2, 0) is 13.0 Å². The SMILES string of the molecule is Cc1ccc(-n2nnnc2NCCc2ccc(CO)cc2)cc1. The van der Waals surface area contributed by atoms with Gasteiger partial charge in [0.2, 0.25) is 5.95 Å². The standard InChI is InChI=1S/C17H19N5O/c1-13-2-8-16(9-3-13)22-17(19-20-21-22)18-11-10-14-4-6-15(12-23)7-5-14/h2-9,23H,10-12H2,1H3,(H,18,19,21). The molecular weight excluding hydrogens is 290 g/mol. The second kappa shape index (κ2) is 7.02. The minimum Gasteiger partial charge on any atom is -0.392 e. The van der Waals surface area contributed by atoms with Crippen LogP contribution in [-0.4, -0.2) is 31.9 Å². The van der Waals surface area contributed by atoms with Crippen molar-refractivity contribution in [3.8, 4) is 5.69 Å². The first-order valence-corrected chi connectivity index (χ1v) is 7.54. The lowest BCUT2D eigenvalue weighted by Crippen LogP contribution is -2.10. The van der Waals surface area contributed by atoms with Gasteiger partial charge in [0.15, 0.2) is 0 Å². The quantitative estimate of drug-likeness (QED) is 0.729. The lowest BCUT2D eigenvalue weighted by Gasteiger charge is -2.07. The van der Waals surface area contributed by atoms with Crippen LogP contribution in [0.4, 0.5) is 5.95 Å². The molecule has 3 aromatic rings. The Labute approximate surface area is 134 Å². The molecule has 3 rings (SSSR count). The van der Waals surface area contributed by atoms with Crippen LogP contribution in [0, 0.1) is 6.92 Å². The van der Waals surface area contributed by atoms with E-state index in [-0.39, 0.29) is 6.61 Å². The van der Waals surface area contributed by atoms with E-state index in [9.17, 15) is 0 Å². The molecule has 23 heavy (non-hydrogen) atoms. The number of aliphatic hydroxyl groups excluding tert-OH is 1. The molecule has 6 heteroatoms. The number of aliphatic hydroxyl groups is 1. The molecule has 1 aromatic heterocycles. The molecule has 1 heterocycles. The van der Waals surface area contributed by atoms with E-state index in [2.05, 4.69) is 20.8 Å². The average Bonchev–Trinajstić information content (AvgIpc) is 3.05. The van der Waals surface area contributed by atoms with Crippen LogP contribution < -0.4 is 5.32 Å². The lowest BCUT2D eigenvalue weighted by molar-refractivity contribution is 0.282. The van der Waals surface area contributed by atoms with Gasteiger partial charge in [-0.25, -0.2) is 0 Å². The first kappa shape index (κ1) is 15.2. The first-order chi connectivity index (χ1) is 11.3. The Kier molecular flexibility index (Phi) is 4.63. The summed E-state index contributed by atoms with van der Waals surface area (Å²) >= 11 is 0. The smallest absolute Gasteiger partial charge is 0.247 e. The Morgan fingerprint density at radius 1 is 1.00 bits per heavy atom. The minimum atomic E-state index is 0.0733. The van der Waals surface area contributed by atoms with E-state index in [4.69, 9.17) is 5.11 Å². The summed E-state index contributed by atoms with van der Waals surface area (Å²) in [6.07, 6.45) is 0.854. The first-order valence-electron chi connectivity index (χ1n) is 7.54. The summed E-state index contributed by atoms with van der Waals surface area (Å²) in [7, 11) is 0. The highest BCUT2D eigenvalue weighted by atomic mass is 16.3. The normalized spacial score (nSPS) is 10.7. The van der Waals surface area contributed by atoms with E-state index in [1.54, 1.807) is 4.68 Å². The Balaban J connectivity index is 1.62. The van der Waals surface area contributed by atoms with E-state index in [0.717, 1.165) is 24.2 Å². The molecule has 0 spiro atoms. The maximum absolute atomic E-state index is 9.05. The van der Waals surface area contributed by atoms with Crippen molar-refractivity contribution >= 4 is 5.95 Å². The van der Waals surface area contributed by atoms with E-state index < -0.39 is 0 Å². The number of aromatic nitrogens is 4. The molecule has 0 saturated carbocycles. The van der Waals surface area contributed by atoms with Crippen molar-refractivity contribution < 1.29 is 5.11 Å². The summed E-state index contributed by atoms with van der Waals surface area (Å²) in [5.41, 5.74) is 4.24. The molecule has 6 nitrogen and oxygen atoms in total. The van der Waals surface area contributed by atoms with Crippen LogP contribution in [0.25, 0.3) is 5.69 Å². The fraction of sp³-hybridized carbons (Fsp3) is 0.235. The number of nitrogens with one attached hydrogen (secondary N) is 1. The van der Waals surface area contributed by atoms with Crippen molar-refractivity contribution in [1.29, 1.82) is 0 Å². The molecule has 0 fully saturated rings. The van der Waals surface area contributed by atoms with E-state index in [0.29, 0.717) is 5.95 Å². The summed E-state index contributed by atoms with van der Waals surface area (Å²) in [4.78, 5) is 0. The second-order valence-electron chi connectivity index (χ2n) is 5.40. The zero-order valence-electron chi connectivity index (χ0n) is 13.0. The van der Waals surface area contributed by atoms with Crippen LogP contribution in [0.1, 0.15) is 16.7 Å². The van der Waals surface area contributed by atoms with Crippen molar-refractivity contribution in [2.75, 3.05) is 11.9 Å². The van der Waals surface area contributed by atoms with E-state index >= 15 is 0 Å². The highest BCUT2D eigenvalue weighted by molar-refractivity contribution is 5.40. The largest absolute Gasteiger partial charge is 0.392 e. The Hall–Kier alpha value is -2.73. The fourth-order valence-electron chi connectivity index (χ4n) is 2.29. The van der Waals surface area contributed by atoms with E-state index in [1.165, 1.54) is 11.1 Å². The number of nitrogens with zero attached hydrogens (tertiary/aromatic N) is 4. The third-order valence-corrected chi connectivity index (χ3v) is 3.65. The number of benzene rings is 2. The van der Waals surface area contributed by atoms with Crippen molar-refractivity contribution in [1.82, 2.24) is 20.2 Å². The predicted molar refractivity (Wildman–Crippen MR) is 88.4 cm³/mol. The van der Waals surface area contributed by atoms with Crippen LogP contribution in [0.2, 0.25) is 0 Å². The summed E-state index contributed by atoms with van der Waals surface area (Å²) in [5.74, 6) is 0.626. The molecule has 0 unspecified atom stereocenters. The molecule has 0 amide bonds. The number of hydrogen-bond donors (Lipinski definition) is 2. The molecule has 118 valence electrons. The molecular formula is C17H19N5O. The summed E-state index contributed by atoms with van der Waals surface area (Å²) < 4.78 is 1.69. The minimum absolute atomic E-state index is 0.0733. The molecule has 2 N–H and O–H groups in total. The highest BCUT2D eigenvalue weighted by Gasteiger charge is 2.07. The lowest BCUT2D eigenvalue weighted by atomic mass is 10.1. The predicted octanol–water partition coefficient (Wildman–Crippen LogP) is 2.12. The number of rotatable bonds is 6. The van der Waals surface area contributed by atoms with Gasteiger partial charge >= 0.3 is 0 Å². The number of hydrogen-bond acceptors (Lipinski definition) is 5. The van der Waals surface area contributed by atoms with Crippen molar-refractivity contribution in [3.05, 3.63) is 65.2 Å². The molecule has 0 aliphatic rings. The average molecular weight is 309 g/mol. The van der Waals surface area contributed by atoms with Gasteiger partial charge in [0.05, 0.1) is 12.3 Å². The van der Waals surface area contributed by atoms with Gasteiger partial charge in [-0.1, -0.05) is 47.1 Å². The van der Waals surface area contributed by atoms with Gasteiger partial charge in [0, 0.05) is 6.54 Å². The Morgan fingerprint density at radius 3 is 2.39 bits per heavy atom. The van der Waals surface area contributed by atoms with Gasteiger partial charge in [0.25, 0.3) is 0 Å². The van der Waals surface area contributed by atoms with Gasteiger partial charge < -0.3 is 10.4 Å². The summed E-state index contributed by atoms with van der Waals surface area (Å²) in [5, 5.41) is 24.1. The second-order valence-corrected chi connectivity index (χ2v) is 5.40. The number of aryl methyl sites for hydroxylation is 1.